The van der Waals surface area contributed by atoms with Crippen LogP contribution in [-0.2, 0) is 4.79 Å². The Balaban J connectivity index is 4.33. The maximum Gasteiger partial charge on any atom is 0.317 e. The van der Waals surface area contributed by atoms with E-state index in [2.05, 4.69) is 12.2 Å². The lowest BCUT2D eigenvalue weighted by Gasteiger charge is -2.29. The quantitative estimate of drug-likeness (QED) is 0.720. The molecule has 2 N–H and O–H groups in total. The van der Waals surface area contributed by atoms with E-state index in [1.165, 1.54) is 0 Å². The summed E-state index contributed by atoms with van der Waals surface area (Å²) in [4.78, 5) is 24.2. The molecule has 0 bridgehead atoms. The number of carboxylic acid groups (broad SMARTS) is 1. The van der Waals surface area contributed by atoms with Crippen molar-refractivity contribution >= 4 is 12.0 Å². The van der Waals surface area contributed by atoms with E-state index in [1.54, 1.807) is 18.7 Å². The molecule has 2 amide bonds. The number of nitrogens with zero attached hydrogens (tertiary/aromatic N) is 1. The van der Waals surface area contributed by atoms with Gasteiger partial charge in [-0.3, -0.25) is 4.79 Å². The Bertz CT molecular complexity index is 264. The topological polar surface area (TPSA) is 69.6 Å². The molecule has 0 unspecified atom stereocenters. The molecule has 0 atom stereocenters. The minimum absolute atomic E-state index is 0.0793. The van der Waals surface area contributed by atoms with Gasteiger partial charge in [-0.2, -0.15) is 0 Å². The molecule has 5 heteroatoms. The fourth-order valence-corrected chi connectivity index (χ4v) is 1.54. The first-order chi connectivity index (χ1) is 7.82. The molecule has 0 fully saturated rings. The van der Waals surface area contributed by atoms with Crippen molar-refractivity contribution in [2.75, 3.05) is 13.1 Å². The molecule has 17 heavy (non-hydrogen) atoms. The number of carbonyl (C=O) groups excluding carboxylic acids is 1. The summed E-state index contributed by atoms with van der Waals surface area (Å²) in [7, 11) is 0. The minimum atomic E-state index is -0.910. The van der Waals surface area contributed by atoms with Gasteiger partial charge in [0.05, 0.1) is 6.42 Å². The highest BCUT2D eigenvalue weighted by atomic mass is 16.4. The standard InChI is InChI=1S/C12H24N2O3/c1-5-7-8-14(6-2)11(17)13-12(3,4)9-10(15)16/h5-9H2,1-4H3,(H,13,17)(H,15,16). The molecule has 0 aliphatic heterocycles. The normalized spacial score (nSPS) is 11.1. The van der Waals surface area contributed by atoms with E-state index in [9.17, 15) is 9.59 Å². The fraction of sp³-hybridized carbons (Fsp3) is 0.833. The van der Waals surface area contributed by atoms with Gasteiger partial charge in [0.25, 0.3) is 0 Å². The number of urea groups is 1. The molecule has 0 radical (unpaired) electrons. The third kappa shape index (κ3) is 6.81. The van der Waals surface area contributed by atoms with Crippen LogP contribution in [0.25, 0.3) is 0 Å². The maximum atomic E-state index is 11.9. The number of hydrogen-bond acceptors (Lipinski definition) is 2. The van der Waals surface area contributed by atoms with E-state index < -0.39 is 11.5 Å². The van der Waals surface area contributed by atoms with Gasteiger partial charge in [-0.25, -0.2) is 4.79 Å². The van der Waals surface area contributed by atoms with Gasteiger partial charge in [-0.15, -0.1) is 0 Å². The van der Waals surface area contributed by atoms with Crippen LogP contribution in [0, 0.1) is 0 Å². The summed E-state index contributed by atoms with van der Waals surface area (Å²) < 4.78 is 0. The molecule has 0 aromatic carbocycles. The number of carbonyl (C=O) groups is 2. The summed E-state index contributed by atoms with van der Waals surface area (Å²) in [6.07, 6.45) is 1.91. The number of unbranched alkanes of at least 4 members (excludes halogenated alkanes) is 1. The van der Waals surface area contributed by atoms with Crippen LogP contribution in [0.4, 0.5) is 4.79 Å². The predicted octanol–water partition coefficient (Wildman–Crippen LogP) is 2.07. The molecule has 0 spiro atoms. The summed E-state index contributed by atoms with van der Waals surface area (Å²) in [5.74, 6) is -0.910. The molecule has 0 aromatic heterocycles. The van der Waals surface area contributed by atoms with E-state index in [1.807, 2.05) is 6.92 Å². The van der Waals surface area contributed by atoms with E-state index >= 15 is 0 Å². The first-order valence-corrected chi connectivity index (χ1v) is 6.11. The van der Waals surface area contributed by atoms with Gasteiger partial charge in [-0.05, 0) is 27.2 Å². The molecule has 0 aliphatic carbocycles. The third-order valence-electron chi connectivity index (χ3n) is 2.49. The SMILES string of the molecule is CCCCN(CC)C(=O)NC(C)(C)CC(=O)O. The van der Waals surface area contributed by atoms with E-state index in [0.717, 1.165) is 12.8 Å². The first kappa shape index (κ1) is 15.7. The Morgan fingerprint density at radius 3 is 2.29 bits per heavy atom. The predicted molar refractivity (Wildman–Crippen MR) is 67.0 cm³/mol. The van der Waals surface area contributed by atoms with Crippen LogP contribution in [0.3, 0.4) is 0 Å². The Kier molecular flexibility index (Phi) is 6.61. The Morgan fingerprint density at radius 1 is 1.29 bits per heavy atom. The van der Waals surface area contributed by atoms with Crippen molar-refractivity contribution in [1.29, 1.82) is 0 Å². The molecule has 5 nitrogen and oxygen atoms in total. The smallest absolute Gasteiger partial charge is 0.317 e. The average Bonchev–Trinajstić information content (AvgIpc) is 2.15. The summed E-state index contributed by atoms with van der Waals surface area (Å²) in [5, 5.41) is 11.5. The van der Waals surface area contributed by atoms with Crippen LogP contribution in [-0.4, -0.2) is 40.6 Å². The van der Waals surface area contributed by atoms with Gasteiger partial charge in [0.15, 0.2) is 0 Å². The summed E-state index contributed by atoms with van der Waals surface area (Å²) in [6, 6.07) is -0.188. The Labute approximate surface area is 103 Å². The van der Waals surface area contributed by atoms with Gasteiger partial charge in [0.2, 0.25) is 0 Å². The van der Waals surface area contributed by atoms with Gasteiger partial charge < -0.3 is 15.3 Å². The molecular formula is C12H24N2O3. The van der Waals surface area contributed by atoms with Crippen LogP contribution >= 0.6 is 0 Å². The minimum Gasteiger partial charge on any atom is -0.481 e. The lowest BCUT2D eigenvalue weighted by molar-refractivity contribution is -0.138. The van der Waals surface area contributed by atoms with Crippen LogP contribution in [0.1, 0.15) is 47.0 Å². The second-order valence-corrected chi connectivity index (χ2v) is 4.82. The molecule has 0 aromatic rings. The third-order valence-corrected chi connectivity index (χ3v) is 2.49. The van der Waals surface area contributed by atoms with Crippen LogP contribution in [0.2, 0.25) is 0 Å². The van der Waals surface area contributed by atoms with Gasteiger partial charge in [0, 0.05) is 18.6 Å². The fourth-order valence-electron chi connectivity index (χ4n) is 1.54. The molecule has 0 saturated heterocycles. The van der Waals surface area contributed by atoms with Gasteiger partial charge in [-0.1, -0.05) is 13.3 Å². The number of aliphatic carboxylic acids is 1. The molecule has 100 valence electrons. The number of amides is 2. The van der Waals surface area contributed by atoms with Crippen LogP contribution in [0.5, 0.6) is 0 Å². The second-order valence-electron chi connectivity index (χ2n) is 4.82. The van der Waals surface area contributed by atoms with Crippen LogP contribution in [0.15, 0.2) is 0 Å². The molecule has 0 saturated carbocycles. The highest BCUT2D eigenvalue weighted by Crippen LogP contribution is 2.09. The van der Waals surface area contributed by atoms with Crippen molar-refractivity contribution in [3.63, 3.8) is 0 Å². The summed E-state index contributed by atoms with van der Waals surface area (Å²) >= 11 is 0. The zero-order chi connectivity index (χ0) is 13.5. The lowest BCUT2D eigenvalue weighted by Crippen LogP contribution is -2.51. The number of carboxylic acids is 1. The zero-order valence-electron chi connectivity index (χ0n) is 11.2. The second kappa shape index (κ2) is 7.14. The van der Waals surface area contributed by atoms with Crippen LogP contribution < -0.4 is 5.32 Å². The molecule has 0 heterocycles. The largest absolute Gasteiger partial charge is 0.481 e. The van der Waals surface area contributed by atoms with Crippen molar-refractivity contribution in [3.8, 4) is 0 Å². The summed E-state index contributed by atoms with van der Waals surface area (Å²) in [5.41, 5.74) is -0.720. The summed E-state index contributed by atoms with van der Waals surface area (Å²) in [6.45, 7) is 8.76. The Hall–Kier alpha value is -1.26. The van der Waals surface area contributed by atoms with Gasteiger partial charge >= 0.3 is 12.0 Å². The average molecular weight is 244 g/mol. The zero-order valence-corrected chi connectivity index (χ0v) is 11.2. The molecule has 0 aliphatic rings. The van der Waals surface area contributed by atoms with Gasteiger partial charge in [0.1, 0.15) is 0 Å². The number of nitrogens with one attached hydrogen (secondary N) is 1. The highest BCUT2D eigenvalue weighted by molar-refractivity contribution is 5.76. The number of hydrogen-bond donors (Lipinski definition) is 2. The van der Waals surface area contributed by atoms with Crippen molar-refractivity contribution in [2.45, 2.75) is 52.5 Å². The molecular weight excluding hydrogens is 220 g/mol. The van der Waals surface area contributed by atoms with Crippen molar-refractivity contribution in [2.24, 2.45) is 0 Å². The van der Waals surface area contributed by atoms with Crippen molar-refractivity contribution in [3.05, 3.63) is 0 Å². The number of rotatable bonds is 7. The monoisotopic (exact) mass is 244 g/mol. The maximum absolute atomic E-state index is 11.9. The highest BCUT2D eigenvalue weighted by Gasteiger charge is 2.25. The van der Waals surface area contributed by atoms with E-state index in [4.69, 9.17) is 5.11 Å². The molecule has 0 rings (SSSR count). The lowest BCUT2D eigenvalue weighted by atomic mass is 10.0. The van der Waals surface area contributed by atoms with E-state index in [0.29, 0.717) is 13.1 Å². The van der Waals surface area contributed by atoms with Crippen molar-refractivity contribution in [1.82, 2.24) is 10.2 Å². The Morgan fingerprint density at radius 2 is 1.88 bits per heavy atom. The first-order valence-electron chi connectivity index (χ1n) is 6.11. The van der Waals surface area contributed by atoms with Crippen molar-refractivity contribution < 1.29 is 14.7 Å². The van der Waals surface area contributed by atoms with E-state index in [-0.39, 0.29) is 12.5 Å².